The average molecular weight is 294 g/mol. The van der Waals surface area contributed by atoms with Crippen LogP contribution in [-0.4, -0.2) is 38.2 Å². The highest BCUT2D eigenvalue weighted by Gasteiger charge is 2.30. The van der Waals surface area contributed by atoms with Crippen molar-refractivity contribution in [1.29, 1.82) is 0 Å². The Kier molecular flexibility index (Phi) is 4.62. The summed E-state index contributed by atoms with van der Waals surface area (Å²) in [6, 6.07) is 4.62. The van der Waals surface area contributed by atoms with Gasteiger partial charge in [-0.3, -0.25) is 14.9 Å². The van der Waals surface area contributed by atoms with Crippen molar-refractivity contribution in [2.45, 2.75) is 12.8 Å². The van der Waals surface area contributed by atoms with E-state index in [0.717, 1.165) is 12.8 Å². The van der Waals surface area contributed by atoms with Gasteiger partial charge >= 0.3 is 5.97 Å². The Hall–Kier alpha value is -2.31. The maximum Gasteiger partial charge on any atom is 0.310 e. The molecule has 0 aliphatic carbocycles. The van der Waals surface area contributed by atoms with Gasteiger partial charge in [-0.05, 0) is 18.9 Å². The predicted octanol–water partition coefficient (Wildman–Crippen LogP) is 1.99. The van der Waals surface area contributed by atoms with Crippen molar-refractivity contribution < 1.29 is 19.2 Å². The number of anilines is 1. The van der Waals surface area contributed by atoms with Gasteiger partial charge < -0.3 is 14.4 Å². The minimum atomic E-state index is -0.420. The fraction of sp³-hybridized carbons (Fsp3) is 0.500. The molecule has 0 radical (unpaired) electrons. The third-order valence-electron chi connectivity index (χ3n) is 3.68. The van der Waals surface area contributed by atoms with E-state index in [1.807, 2.05) is 4.90 Å². The van der Waals surface area contributed by atoms with Crippen LogP contribution in [-0.2, 0) is 9.53 Å². The standard InChI is InChI=1S/C14H18N2O5/c1-20-11-5-6-12(16(18)19)13(8-11)15-7-3-4-10(9-15)14(17)21-2/h5-6,8,10H,3-4,7,9H2,1-2H3. The van der Waals surface area contributed by atoms with Crippen LogP contribution in [0.1, 0.15) is 12.8 Å². The summed E-state index contributed by atoms with van der Waals surface area (Å²) in [6.07, 6.45) is 1.52. The lowest BCUT2D eigenvalue weighted by Gasteiger charge is -2.32. The van der Waals surface area contributed by atoms with Gasteiger partial charge in [-0.15, -0.1) is 0 Å². The molecule has 1 aliphatic heterocycles. The molecule has 2 rings (SSSR count). The van der Waals surface area contributed by atoms with Crippen LogP contribution >= 0.6 is 0 Å². The van der Waals surface area contributed by atoms with E-state index in [1.165, 1.54) is 20.3 Å². The van der Waals surface area contributed by atoms with Crippen LogP contribution in [0.2, 0.25) is 0 Å². The number of piperidine rings is 1. The van der Waals surface area contributed by atoms with E-state index in [2.05, 4.69) is 0 Å². The summed E-state index contributed by atoms with van der Waals surface area (Å²) in [7, 11) is 2.87. The first kappa shape index (κ1) is 15.1. The zero-order valence-electron chi connectivity index (χ0n) is 12.1. The summed E-state index contributed by atoms with van der Waals surface area (Å²) in [4.78, 5) is 24.3. The molecular weight excluding hydrogens is 276 g/mol. The van der Waals surface area contributed by atoms with E-state index >= 15 is 0 Å². The van der Waals surface area contributed by atoms with Crippen molar-refractivity contribution in [2.75, 3.05) is 32.2 Å². The van der Waals surface area contributed by atoms with Crippen LogP contribution < -0.4 is 9.64 Å². The highest BCUT2D eigenvalue weighted by Crippen LogP contribution is 2.34. The molecule has 0 bridgehead atoms. The Morgan fingerprint density at radius 1 is 1.43 bits per heavy atom. The van der Waals surface area contributed by atoms with Gasteiger partial charge in [-0.25, -0.2) is 0 Å². The summed E-state index contributed by atoms with van der Waals surface area (Å²) in [5, 5.41) is 11.2. The van der Waals surface area contributed by atoms with Crippen molar-refractivity contribution in [1.82, 2.24) is 0 Å². The predicted molar refractivity (Wildman–Crippen MR) is 76.6 cm³/mol. The number of carbonyl (C=O) groups excluding carboxylic acids is 1. The van der Waals surface area contributed by atoms with E-state index in [0.29, 0.717) is 24.5 Å². The smallest absolute Gasteiger partial charge is 0.310 e. The van der Waals surface area contributed by atoms with E-state index in [9.17, 15) is 14.9 Å². The van der Waals surface area contributed by atoms with Gasteiger partial charge in [0.25, 0.3) is 5.69 Å². The minimum Gasteiger partial charge on any atom is -0.497 e. The summed E-state index contributed by atoms with van der Waals surface area (Å²) >= 11 is 0. The molecule has 0 aromatic heterocycles. The largest absolute Gasteiger partial charge is 0.497 e. The summed E-state index contributed by atoms with van der Waals surface area (Å²) < 4.78 is 9.91. The van der Waals surface area contributed by atoms with E-state index in [1.54, 1.807) is 12.1 Å². The molecule has 1 aromatic rings. The number of hydrogen-bond acceptors (Lipinski definition) is 6. The third kappa shape index (κ3) is 3.24. The normalized spacial score (nSPS) is 18.2. The summed E-state index contributed by atoms with van der Waals surface area (Å²) in [6.45, 7) is 1.09. The molecule has 1 saturated heterocycles. The van der Waals surface area contributed by atoms with Gasteiger partial charge in [-0.1, -0.05) is 0 Å². The number of methoxy groups -OCH3 is 2. The molecule has 0 N–H and O–H groups in total. The second-order valence-corrected chi connectivity index (χ2v) is 4.92. The maximum atomic E-state index is 11.7. The highest BCUT2D eigenvalue weighted by atomic mass is 16.6. The van der Waals surface area contributed by atoms with Gasteiger partial charge in [0.1, 0.15) is 11.4 Å². The van der Waals surface area contributed by atoms with Crippen LogP contribution in [0.15, 0.2) is 18.2 Å². The van der Waals surface area contributed by atoms with Crippen molar-refractivity contribution in [3.8, 4) is 5.75 Å². The Bertz CT molecular complexity index is 546. The molecule has 1 fully saturated rings. The first-order valence-corrected chi connectivity index (χ1v) is 6.72. The number of nitro groups is 1. The van der Waals surface area contributed by atoms with Crippen LogP contribution in [0, 0.1) is 16.0 Å². The molecule has 0 saturated carbocycles. The number of rotatable bonds is 4. The maximum absolute atomic E-state index is 11.7. The van der Waals surface area contributed by atoms with Gasteiger partial charge in [0.05, 0.1) is 25.1 Å². The van der Waals surface area contributed by atoms with Crippen LogP contribution in [0.5, 0.6) is 5.75 Å². The van der Waals surface area contributed by atoms with E-state index in [4.69, 9.17) is 9.47 Å². The molecule has 7 nitrogen and oxygen atoms in total. The fourth-order valence-corrected chi connectivity index (χ4v) is 2.59. The summed E-state index contributed by atoms with van der Waals surface area (Å²) in [5.41, 5.74) is 0.495. The molecule has 0 amide bonds. The molecule has 1 aromatic carbocycles. The molecule has 0 spiro atoms. The Morgan fingerprint density at radius 3 is 2.81 bits per heavy atom. The number of hydrogen-bond donors (Lipinski definition) is 0. The Balaban J connectivity index is 2.31. The zero-order chi connectivity index (χ0) is 15.4. The quantitative estimate of drug-likeness (QED) is 0.480. The fourth-order valence-electron chi connectivity index (χ4n) is 2.59. The van der Waals surface area contributed by atoms with E-state index in [-0.39, 0.29) is 17.6 Å². The number of carbonyl (C=O) groups is 1. The number of nitro benzene ring substituents is 1. The number of nitrogens with zero attached hydrogens (tertiary/aromatic N) is 2. The molecule has 21 heavy (non-hydrogen) atoms. The van der Waals surface area contributed by atoms with Crippen molar-refractivity contribution >= 4 is 17.3 Å². The highest BCUT2D eigenvalue weighted by molar-refractivity contribution is 5.74. The van der Waals surface area contributed by atoms with Crippen molar-refractivity contribution in [2.24, 2.45) is 5.92 Å². The van der Waals surface area contributed by atoms with Crippen LogP contribution in [0.25, 0.3) is 0 Å². The molecule has 1 unspecified atom stereocenters. The summed E-state index contributed by atoms with van der Waals surface area (Å²) in [5.74, 6) is 0.0237. The number of esters is 1. The number of benzene rings is 1. The Labute approximate surface area is 122 Å². The average Bonchev–Trinajstić information content (AvgIpc) is 2.53. The van der Waals surface area contributed by atoms with E-state index < -0.39 is 4.92 Å². The van der Waals surface area contributed by atoms with Gasteiger partial charge in [0.2, 0.25) is 0 Å². The Morgan fingerprint density at radius 2 is 2.19 bits per heavy atom. The van der Waals surface area contributed by atoms with Crippen molar-refractivity contribution in [3.63, 3.8) is 0 Å². The molecule has 1 heterocycles. The van der Waals surface area contributed by atoms with Crippen LogP contribution in [0.3, 0.4) is 0 Å². The van der Waals surface area contributed by atoms with Crippen LogP contribution in [0.4, 0.5) is 11.4 Å². The topological polar surface area (TPSA) is 81.9 Å². The third-order valence-corrected chi connectivity index (χ3v) is 3.68. The first-order valence-electron chi connectivity index (χ1n) is 6.72. The lowest BCUT2D eigenvalue weighted by atomic mass is 9.97. The lowest BCUT2D eigenvalue weighted by molar-refractivity contribution is -0.384. The number of ether oxygens (including phenoxy) is 2. The minimum absolute atomic E-state index is 0.0151. The molecule has 7 heteroatoms. The van der Waals surface area contributed by atoms with Gasteiger partial charge in [-0.2, -0.15) is 0 Å². The molecule has 114 valence electrons. The zero-order valence-corrected chi connectivity index (χ0v) is 12.1. The molecule has 1 atom stereocenters. The molecule has 1 aliphatic rings. The van der Waals surface area contributed by atoms with Gasteiger partial charge in [0, 0.05) is 25.2 Å². The molecular formula is C14H18N2O5. The second kappa shape index (κ2) is 6.43. The SMILES string of the molecule is COC(=O)C1CCCN(c2cc(OC)ccc2[N+](=O)[O-])C1. The van der Waals surface area contributed by atoms with Gasteiger partial charge in [0.15, 0.2) is 0 Å². The first-order chi connectivity index (χ1) is 10.1. The monoisotopic (exact) mass is 294 g/mol. The van der Waals surface area contributed by atoms with Crippen molar-refractivity contribution in [3.05, 3.63) is 28.3 Å². The second-order valence-electron chi connectivity index (χ2n) is 4.92. The lowest BCUT2D eigenvalue weighted by Crippen LogP contribution is -2.39.